The lowest BCUT2D eigenvalue weighted by atomic mass is 10.2. The lowest BCUT2D eigenvalue weighted by Crippen LogP contribution is -2.17. The van der Waals surface area contributed by atoms with Crippen LogP contribution in [0.1, 0.15) is 11.1 Å². The first-order chi connectivity index (χ1) is 8.15. The summed E-state index contributed by atoms with van der Waals surface area (Å²) in [5.74, 6) is 0. The maximum Gasteiger partial charge on any atom is 0.0947 e. The predicted molar refractivity (Wildman–Crippen MR) is 69.7 cm³/mol. The number of nitrogens with two attached hydrogens (primary N) is 1. The van der Waals surface area contributed by atoms with E-state index in [2.05, 4.69) is 4.90 Å². The summed E-state index contributed by atoms with van der Waals surface area (Å²) < 4.78 is 5.04. The maximum absolute atomic E-state index is 6.12. The Labute approximate surface area is 106 Å². The largest absolute Gasteiger partial charge is 0.472 e. The van der Waals surface area contributed by atoms with Crippen LogP contribution < -0.4 is 5.73 Å². The van der Waals surface area contributed by atoms with Crippen molar-refractivity contribution in [3.8, 4) is 0 Å². The molecule has 2 aromatic rings. The van der Waals surface area contributed by atoms with E-state index in [1.54, 1.807) is 12.5 Å². The second-order valence-electron chi connectivity index (χ2n) is 4.15. The topological polar surface area (TPSA) is 42.4 Å². The predicted octanol–water partition coefficient (Wildman–Crippen LogP) is 3.15. The first-order valence-corrected chi connectivity index (χ1v) is 5.76. The molecule has 1 aromatic carbocycles. The van der Waals surface area contributed by atoms with Crippen molar-refractivity contribution >= 4 is 17.3 Å². The minimum Gasteiger partial charge on any atom is -0.472 e. The van der Waals surface area contributed by atoms with Crippen LogP contribution in [-0.4, -0.2) is 11.9 Å². The number of halogens is 1. The Morgan fingerprint density at radius 2 is 2.12 bits per heavy atom. The van der Waals surface area contributed by atoms with E-state index in [9.17, 15) is 0 Å². The van der Waals surface area contributed by atoms with Crippen molar-refractivity contribution in [2.45, 2.75) is 13.1 Å². The molecule has 0 saturated carbocycles. The highest BCUT2D eigenvalue weighted by Crippen LogP contribution is 2.20. The van der Waals surface area contributed by atoms with Crippen molar-refractivity contribution in [3.63, 3.8) is 0 Å². The van der Waals surface area contributed by atoms with Crippen LogP contribution in [-0.2, 0) is 13.1 Å². The molecule has 0 radical (unpaired) electrons. The zero-order valence-electron chi connectivity index (χ0n) is 9.69. The maximum atomic E-state index is 6.12. The monoisotopic (exact) mass is 250 g/mol. The molecule has 1 heterocycles. The van der Waals surface area contributed by atoms with Gasteiger partial charge in [0.25, 0.3) is 0 Å². The third kappa shape index (κ3) is 3.25. The number of hydrogen-bond acceptors (Lipinski definition) is 3. The number of hydrogen-bond donors (Lipinski definition) is 1. The third-order valence-corrected chi connectivity index (χ3v) is 2.91. The Balaban J connectivity index is 2.02. The van der Waals surface area contributed by atoms with E-state index in [0.29, 0.717) is 0 Å². The SMILES string of the molecule is CN(Cc1ccoc1)Cc1cc(N)ccc1Cl. The number of nitrogens with zero attached hydrogens (tertiary/aromatic N) is 1. The molecular weight excluding hydrogens is 236 g/mol. The molecule has 2 N–H and O–H groups in total. The Morgan fingerprint density at radius 3 is 2.82 bits per heavy atom. The fourth-order valence-corrected chi connectivity index (χ4v) is 1.93. The standard InChI is InChI=1S/C13H15ClN2O/c1-16(7-10-4-5-17-9-10)8-11-6-12(15)2-3-13(11)14/h2-6,9H,7-8,15H2,1H3. The van der Waals surface area contributed by atoms with Crippen molar-refractivity contribution in [2.24, 2.45) is 0 Å². The second kappa shape index (κ2) is 5.25. The van der Waals surface area contributed by atoms with E-state index in [1.165, 1.54) is 0 Å². The van der Waals surface area contributed by atoms with Crippen LogP contribution >= 0.6 is 11.6 Å². The highest BCUT2D eigenvalue weighted by Gasteiger charge is 2.06. The van der Waals surface area contributed by atoms with Gasteiger partial charge in [0.1, 0.15) is 0 Å². The number of rotatable bonds is 4. The Morgan fingerprint density at radius 1 is 1.29 bits per heavy atom. The highest BCUT2D eigenvalue weighted by molar-refractivity contribution is 6.31. The summed E-state index contributed by atoms with van der Waals surface area (Å²) in [4.78, 5) is 2.16. The normalized spacial score (nSPS) is 11.0. The zero-order chi connectivity index (χ0) is 12.3. The highest BCUT2D eigenvalue weighted by atomic mass is 35.5. The molecule has 2 rings (SSSR count). The van der Waals surface area contributed by atoms with Gasteiger partial charge in [0, 0.05) is 29.4 Å². The van der Waals surface area contributed by atoms with Gasteiger partial charge in [-0.05, 0) is 36.9 Å². The second-order valence-corrected chi connectivity index (χ2v) is 4.56. The lowest BCUT2D eigenvalue weighted by molar-refractivity contribution is 0.318. The molecule has 0 saturated heterocycles. The molecule has 3 nitrogen and oxygen atoms in total. The van der Waals surface area contributed by atoms with Crippen LogP contribution in [0, 0.1) is 0 Å². The summed E-state index contributed by atoms with van der Waals surface area (Å²) >= 11 is 6.12. The third-order valence-electron chi connectivity index (χ3n) is 2.54. The minimum atomic E-state index is 0.737. The molecular formula is C13H15ClN2O. The average Bonchev–Trinajstić information content (AvgIpc) is 2.76. The van der Waals surface area contributed by atoms with Crippen molar-refractivity contribution in [1.82, 2.24) is 4.90 Å². The van der Waals surface area contributed by atoms with Gasteiger partial charge < -0.3 is 10.2 Å². The number of nitrogen functional groups attached to an aromatic ring is 1. The fraction of sp³-hybridized carbons (Fsp3) is 0.231. The van der Waals surface area contributed by atoms with E-state index >= 15 is 0 Å². The van der Waals surface area contributed by atoms with Crippen LogP contribution in [0.3, 0.4) is 0 Å². The molecule has 0 unspecified atom stereocenters. The smallest absolute Gasteiger partial charge is 0.0947 e. The first kappa shape index (κ1) is 12.0. The van der Waals surface area contributed by atoms with Gasteiger partial charge in [-0.1, -0.05) is 11.6 Å². The number of benzene rings is 1. The Bertz CT molecular complexity index is 482. The van der Waals surface area contributed by atoms with E-state index in [1.807, 2.05) is 31.3 Å². The molecule has 0 aliphatic heterocycles. The molecule has 0 bridgehead atoms. The molecule has 0 spiro atoms. The summed E-state index contributed by atoms with van der Waals surface area (Å²) in [7, 11) is 2.03. The molecule has 90 valence electrons. The van der Waals surface area contributed by atoms with Gasteiger partial charge in [-0.15, -0.1) is 0 Å². The van der Waals surface area contributed by atoms with Crippen molar-refractivity contribution in [1.29, 1.82) is 0 Å². The van der Waals surface area contributed by atoms with Gasteiger partial charge in [-0.25, -0.2) is 0 Å². The Hall–Kier alpha value is -1.45. The molecule has 17 heavy (non-hydrogen) atoms. The molecule has 0 aliphatic rings. The summed E-state index contributed by atoms with van der Waals surface area (Å²) in [5.41, 5.74) is 8.67. The van der Waals surface area contributed by atoms with Gasteiger partial charge in [-0.3, -0.25) is 4.90 Å². The van der Waals surface area contributed by atoms with Gasteiger partial charge in [-0.2, -0.15) is 0 Å². The molecule has 0 atom stereocenters. The van der Waals surface area contributed by atoms with Gasteiger partial charge in [0.2, 0.25) is 0 Å². The van der Waals surface area contributed by atoms with Gasteiger partial charge >= 0.3 is 0 Å². The summed E-state index contributed by atoms with van der Waals surface area (Å²) in [6, 6.07) is 7.51. The van der Waals surface area contributed by atoms with Crippen molar-refractivity contribution in [3.05, 3.63) is 52.9 Å². The molecule has 0 amide bonds. The first-order valence-electron chi connectivity index (χ1n) is 5.38. The summed E-state index contributed by atoms with van der Waals surface area (Å²) in [5, 5.41) is 0.748. The minimum absolute atomic E-state index is 0.737. The van der Waals surface area contributed by atoms with Gasteiger partial charge in [0.15, 0.2) is 0 Å². The van der Waals surface area contributed by atoms with Crippen molar-refractivity contribution in [2.75, 3.05) is 12.8 Å². The summed E-state index contributed by atoms with van der Waals surface area (Å²) in [6.45, 7) is 1.58. The van der Waals surface area contributed by atoms with E-state index < -0.39 is 0 Å². The average molecular weight is 251 g/mol. The molecule has 4 heteroatoms. The summed E-state index contributed by atoms with van der Waals surface area (Å²) in [6.07, 6.45) is 3.42. The van der Waals surface area contributed by atoms with Crippen LogP contribution in [0.15, 0.2) is 41.2 Å². The molecule has 0 fully saturated rings. The number of furan rings is 1. The quantitative estimate of drug-likeness (QED) is 0.848. The van der Waals surface area contributed by atoms with Crippen LogP contribution in [0.25, 0.3) is 0 Å². The van der Waals surface area contributed by atoms with Crippen molar-refractivity contribution < 1.29 is 4.42 Å². The van der Waals surface area contributed by atoms with Gasteiger partial charge in [0.05, 0.1) is 12.5 Å². The van der Waals surface area contributed by atoms with E-state index in [4.69, 9.17) is 21.8 Å². The lowest BCUT2D eigenvalue weighted by Gasteiger charge is -2.16. The molecule has 0 aliphatic carbocycles. The van der Waals surface area contributed by atoms with Crippen LogP contribution in [0.2, 0.25) is 5.02 Å². The van der Waals surface area contributed by atoms with E-state index in [-0.39, 0.29) is 0 Å². The molecule has 1 aromatic heterocycles. The Kier molecular flexibility index (Phi) is 3.71. The van der Waals surface area contributed by atoms with E-state index in [0.717, 1.165) is 34.9 Å². The number of anilines is 1. The van der Waals surface area contributed by atoms with Crippen LogP contribution in [0.4, 0.5) is 5.69 Å². The zero-order valence-corrected chi connectivity index (χ0v) is 10.4. The fourth-order valence-electron chi connectivity index (χ4n) is 1.76. The van der Waals surface area contributed by atoms with Crippen LogP contribution in [0.5, 0.6) is 0 Å².